The molecule has 0 aliphatic heterocycles. The average molecular weight is 278 g/mol. The Bertz CT molecular complexity index is 527. The Kier molecular flexibility index (Phi) is 4.36. The molecule has 0 saturated carbocycles. The van der Waals surface area contributed by atoms with Gasteiger partial charge in [0.25, 0.3) is 0 Å². The van der Waals surface area contributed by atoms with Crippen LogP contribution < -0.4 is 4.72 Å². The van der Waals surface area contributed by atoms with E-state index >= 15 is 0 Å². The van der Waals surface area contributed by atoms with Crippen LogP contribution in [0.5, 0.6) is 0 Å². The monoisotopic (exact) mass is 277 g/mol. The van der Waals surface area contributed by atoms with Crippen LogP contribution in [0.25, 0.3) is 0 Å². The van der Waals surface area contributed by atoms with Crippen LogP contribution in [0.3, 0.4) is 0 Å². The molecule has 7 heteroatoms. The van der Waals surface area contributed by atoms with Crippen molar-refractivity contribution in [3.05, 3.63) is 28.8 Å². The molecule has 0 saturated heterocycles. The number of ether oxygens (including phenoxy) is 1. The van der Waals surface area contributed by atoms with E-state index in [-0.39, 0.29) is 22.0 Å². The van der Waals surface area contributed by atoms with Crippen molar-refractivity contribution < 1.29 is 17.9 Å². The number of rotatable bonds is 4. The van der Waals surface area contributed by atoms with Gasteiger partial charge < -0.3 is 4.74 Å². The second kappa shape index (κ2) is 5.37. The number of nitrogens with one attached hydrogen (secondary N) is 1. The molecule has 0 aliphatic rings. The van der Waals surface area contributed by atoms with E-state index in [2.05, 4.69) is 9.46 Å². The van der Waals surface area contributed by atoms with Crippen LogP contribution in [0.4, 0.5) is 5.69 Å². The fourth-order valence-corrected chi connectivity index (χ4v) is 1.93. The first-order valence-corrected chi connectivity index (χ1v) is 6.81. The third-order valence-electron chi connectivity index (χ3n) is 2.03. The van der Waals surface area contributed by atoms with Crippen LogP contribution in [0.1, 0.15) is 17.3 Å². The standard InChI is InChI=1S/C10H12ClNO4S/c1-3-17(14,15)12-7-4-5-9(11)8(6-7)10(13)16-2/h4-6,12H,3H2,1-2H3. The lowest BCUT2D eigenvalue weighted by atomic mass is 10.2. The summed E-state index contributed by atoms with van der Waals surface area (Å²) in [7, 11) is -2.16. The molecule has 0 spiro atoms. The number of hydrogen-bond acceptors (Lipinski definition) is 4. The van der Waals surface area contributed by atoms with Crippen molar-refractivity contribution in [1.82, 2.24) is 0 Å². The minimum atomic E-state index is -3.38. The van der Waals surface area contributed by atoms with E-state index < -0.39 is 16.0 Å². The molecule has 0 aliphatic carbocycles. The molecule has 94 valence electrons. The van der Waals surface area contributed by atoms with Crippen LogP contribution in [0.2, 0.25) is 5.02 Å². The Morgan fingerprint density at radius 1 is 1.47 bits per heavy atom. The van der Waals surface area contributed by atoms with Gasteiger partial charge in [-0.15, -0.1) is 0 Å². The van der Waals surface area contributed by atoms with Crippen molar-refractivity contribution in [2.75, 3.05) is 17.6 Å². The molecule has 0 aromatic heterocycles. The molecule has 0 amide bonds. The number of esters is 1. The molecule has 0 heterocycles. The Balaban J connectivity index is 3.09. The summed E-state index contributed by atoms with van der Waals surface area (Å²) < 4.78 is 29.5. The smallest absolute Gasteiger partial charge is 0.339 e. The Labute approximate surface area is 105 Å². The van der Waals surface area contributed by atoms with Crippen molar-refractivity contribution in [3.8, 4) is 0 Å². The van der Waals surface area contributed by atoms with E-state index in [1.807, 2.05) is 0 Å². The topological polar surface area (TPSA) is 72.5 Å². The van der Waals surface area contributed by atoms with Gasteiger partial charge in [-0.1, -0.05) is 11.6 Å². The first kappa shape index (κ1) is 13.8. The van der Waals surface area contributed by atoms with Gasteiger partial charge in [0.2, 0.25) is 10.0 Å². The molecule has 1 N–H and O–H groups in total. The van der Waals surface area contributed by atoms with Gasteiger partial charge >= 0.3 is 5.97 Å². The van der Waals surface area contributed by atoms with Gasteiger partial charge in [-0.25, -0.2) is 13.2 Å². The van der Waals surface area contributed by atoms with Gasteiger partial charge in [0, 0.05) is 5.69 Å². The maximum atomic E-state index is 11.3. The number of carbonyl (C=O) groups is 1. The number of methoxy groups -OCH3 is 1. The van der Waals surface area contributed by atoms with Crippen LogP contribution in [-0.4, -0.2) is 27.2 Å². The van der Waals surface area contributed by atoms with Crippen molar-refractivity contribution in [1.29, 1.82) is 0 Å². The van der Waals surface area contributed by atoms with Crippen LogP contribution >= 0.6 is 11.6 Å². The second-order valence-electron chi connectivity index (χ2n) is 3.19. The highest BCUT2D eigenvalue weighted by atomic mass is 35.5. The second-order valence-corrected chi connectivity index (χ2v) is 5.61. The first-order valence-electron chi connectivity index (χ1n) is 4.78. The van der Waals surface area contributed by atoms with Crippen molar-refractivity contribution in [3.63, 3.8) is 0 Å². The number of sulfonamides is 1. The average Bonchev–Trinajstić information content (AvgIpc) is 2.30. The summed E-state index contributed by atoms with van der Waals surface area (Å²) in [6.07, 6.45) is 0. The zero-order chi connectivity index (χ0) is 13.1. The van der Waals surface area contributed by atoms with E-state index in [9.17, 15) is 13.2 Å². The number of carbonyl (C=O) groups excluding carboxylic acids is 1. The molecule has 0 atom stereocenters. The first-order chi connectivity index (χ1) is 7.89. The minimum absolute atomic E-state index is 0.0524. The van der Waals surface area contributed by atoms with Gasteiger partial charge in [-0.2, -0.15) is 0 Å². The zero-order valence-electron chi connectivity index (χ0n) is 9.36. The maximum absolute atomic E-state index is 11.3. The number of hydrogen-bond donors (Lipinski definition) is 1. The number of halogens is 1. The third-order valence-corrected chi connectivity index (χ3v) is 3.66. The van der Waals surface area contributed by atoms with E-state index in [1.54, 1.807) is 0 Å². The molecule has 1 rings (SSSR count). The molecule has 5 nitrogen and oxygen atoms in total. The predicted octanol–water partition coefficient (Wildman–Crippen LogP) is 1.89. The van der Waals surface area contributed by atoms with Gasteiger partial charge in [0.1, 0.15) is 0 Å². The molecule has 0 unspecified atom stereocenters. The fraction of sp³-hybridized carbons (Fsp3) is 0.300. The summed E-state index contributed by atoms with van der Waals surface area (Å²) in [6.45, 7) is 1.51. The van der Waals surface area contributed by atoms with Crippen molar-refractivity contribution in [2.24, 2.45) is 0 Å². The number of benzene rings is 1. The number of anilines is 1. The largest absolute Gasteiger partial charge is 0.465 e. The lowest BCUT2D eigenvalue weighted by Gasteiger charge is -2.08. The summed E-state index contributed by atoms with van der Waals surface area (Å²) in [5.41, 5.74) is 0.391. The van der Waals surface area contributed by atoms with Gasteiger partial charge in [0.05, 0.1) is 23.4 Å². The fourth-order valence-electron chi connectivity index (χ4n) is 1.11. The van der Waals surface area contributed by atoms with Crippen LogP contribution in [-0.2, 0) is 14.8 Å². The minimum Gasteiger partial charge on any atom is -0.465 e. The summed E-state index contributed by atoms with van der Waals surface area (Å²) in [5, 5.41) is 0.205. The molecule has 17 heavy (non-hydrogen) atoms. The molecular weight excluding hydrogens is 266 g/mol. The third kappa shape index (κ3) is 3.61. The quantitative estimate of drug-likeness (QED) is 0.853. The highest BCUT2D eigenvalue weighted by Crippen LogP contribution is 2.22. The molecular formula is C10H12ClNO4S. The van der Waals surface area contributed by atoms with Crippen molar-refractivity contribution >= 4 is 33.3 Å². The Morgan fingerprint density at radius 2 is 2.12 bits per heavy atom. The molecule has 1 aromatic rings. The van der Waals surface area contributed by atoms with Gasteiger partial charge in [-0.3, -0.25) is 4.72 Å². The lowest BCUT2D eigenvalue weighted by Crippen LogP contribution is -2.15. The summed E-state index contributed by atoms with van der Waals surface area (Å²) in [4.78, 5) is 11.3. The maximum Gasteiger partial charge on any atom is 0.339 e. The summed E-state index contributed by atoms with van der Waals surface area (Å²) >= 11 is 5.80. The molecule has 0 radical (unpaired) electrons. The normalized spacial score (nSPS) is 11.0. The van der Waals surface area contributed by atoms with Crippen LogP contribution in [0, 0.1) is 0 Å². The van der Waals surface area contributed by atoms with Gasteiger partial charge in [0.15, 0.2) is 0 Å². The Hall–Kier alpha value is -1.27. The van der Waals surface area contributed by atoms with Crippen molar-refractivity contribution in [2.45, 2.75) is 6.92 Å². The molecule has 0 bridgehead atoms. The van der Waals surface area contributed by atoms with E-state index in [0.717, 1.165) is 0 Å². The summed E-state index contributed by atoms with van der Waals surface area (Å²) in [6, 6.07) is 4.24. The predicted molar refractivity (Wildman–Crippen MR) is 65.9 cm³/mol. The van der Waals surface area contributed by atoms with Gasteiger partial charge in [-0.05, 0) is 25.1 Å². The zero-order valence-corrected chi connectivity index (χ0v) is 10.9. The van der Waals surface area contributed by atoms with Crippen LogP contribution in [0.15, 0.2) is 18.2 Å². The van der Waals surface area contributed by atoms with E-state index in [0.29, 0.717) is 0 Å². The summed E-state index contributed by atoms with van der Waals surface area (Å²) in [5.74, 6) is -0.670. The highest BCUT2D eigenvalue weighted by molar-refractivity contribution is 7.92. The lowest BCUT2D eigenvalue weighted by molar-refractivity contribution is 0.0601. The molecule has 0 fully saturated rings. The molecule has 1 aromatic carbocycles. The SMILES string of the molecule is CCS(=O)(=O)Nc1ccc(Cl)c(C(=O)OC)c1. The Morgan fingerprint density at radius 3 is 2.65 bits per heavy atom. The van der Waals surface area contributed by atoms with E-state index in [1.165, 1.54) is 32.2 Å². The van der Waals surface area contributed by atoms with E-state index in [4.69, 9.17) is 11.6 Å². The highest BCUT2D eigenvalue weighted by Gasteiger charge is 2.13.